The number of fused-ring (bicyclic) bond motifs is 3. The fraction of sp³-hybridized carbons (Fsp3) is 0.353. The predicted octanol–water partition coefficient (Wildman–Crippen LogP) is 3.54. The van der Waals surface area contributed by atoms with Crippen LogP contribution in [0.5, 0.6) is 0 Å². The Bertz CT molecular complexity index is 686. The van der Waals surface area contributed by atoms with Gasteiger partial charge in [0.15, 0.2) is 0 Å². The molecule has 0 bridgehead atoms. The molecule has 0 radical (unpaired) electrons. The third-order valence-electron chi connectivity index (χ3n) is 4.47. The first-order chi connectivity index (χ1) is 9.74. The van der Waals surface area contributed by atoms with Gasteiger partial charge in [0.25, 0.3) is 0 Å². The predicted molar refractivity (Wildman–Crippen MR) is 78.7 cm³/mol. The fourth-order valence-corrected chi connectivity index (χ4v) is 3.56. The number of rotatable bonds is 1. The highest BCUT2D eigenvalue weighted by Gasteiger charge is 2.41. The summed E-state index contributed by atoms with van der Waals surface area (Å²) in [6, 6.07) is 13.0. The number of aryl methyl sites for hydroxylation is 2. The van der Waals surface area contributed by atoms with Crippen LogP contribution in [-0.4, -0.2) is 17.8 Å². The first-order valence-electron chi connectivity index (χ1n) is 7.20. The van der Waals surface area contributed by atoms with Crippen LogP contribution in [0.1, 0.15) is 35.1 Å². The molecule has 1 aliphatic carbocycles. The van der Waals surface area contributed by atoms with Crippen molar-refractivity contribution >= 4 is 5.71 Å². The highest BCUT2D eigenvalue weighted by molar-refractivity contribution is 6.05. The lowest BCUT2D eigenvalue weighted by Crippen LogP contribution is -2.27. The zero-order chi connectivity index (χ0) is 13.7. The van der Waals surface area contributed by atoms with Crippen LogP contribution in [0.2, 0.25) is 0 Å². The van der Waals surface area contributed by atoms with Crippen molar-refractivity contribution < 1.29 is 4.42 Å². The molecular weight excluding hydrogens is 248 g/mol. The second-order valence-electron chi connectivity index (χ2n) is 5.75. The van der Waals surface area contributed by atoms with Gasteiger partial charge in [-0.1, -0.05) is 24.3 Å². The van der Waals surface area contributed by atoms with E-state index in [1.807, 2.05) is 13.0 Å². The molecule has 20 heavy (non-hydrogen) atoms. The summed E-state index contributed by atoms with van der Waals surface area (Å²) < 4.78 is 5.86. The van der Waals surface area contributed by atoms with Gasteiger partial charge in [0.1, 0.15) is 17.6 Å². The van der Waals surface area contributed by atoms with Crippen molar-refractivity contribution in [2.24, 2.45) is 11.0 Å². The van der Waals surface area contributed by atoms with Gasteiger partial charge in [-0.2, -0.15) is 5.10 Å². The summed E-state index contributed by atoms with van der Waals surface area (Å²) in [7, 11) is 2.05. The molecule has 0 spiro atoms. The quantitative estimate of drug-likeness (QED) is 0.790. The van der Waals surface area contributed by atoms with E-state index in [9.17, 15) is 0 Å². The second kappa shape index (κ2) is 4.23. The minimum absolute atomic E-state index is 0.243. The third kappa shape index (κ3) is 1.62. The molecule has 1 aromatic heterocycles. The maximum absolute atomic E-state index is 5.86. The van der Waals surface area contributed by atoms with Crippen LogP contribution in [-0.2, 0) is 6.42 Å². The topological polar surface area (TPSA) is 28.7 Å². The summed E-state index contributed by atoms with van der Waals surface area (Å²) in [6.45, 7) is 2.00. The molecule has 2 atom stereocenters. The largest absolute Gasteiger partial charge is 0.464 e. The molecule has 0 N–H and O–H groups in total. The van der Waals surface area contributed by atoms with Crippen molar-refractivity contribution in [1.29, 1.82) is 0 Å². The zero-order valence-corrected chi connectivity index (χ0v) is 11.8. The lowest BCUT2D eigenvalue weighted by molar-refractivity contribution is 0.209. The number of hydrazone groups is 1. The van der Waals surface area contributed by atoms with E-state index < -0.39 is 0 Å². The minimum Gasteiger partial charge on any atom is -0.464 e. The van der Waals surface area contributed by atoms with E-state index in [0.717, 1.165) is 24.4 Å². The van der Waals surface area contributed by atoms with Gasteiger partial charge in [-0.05, 0) is 37.5 Å². The van der Waals surface area contributed by atoms with Gasteiger partial charge in [0.2, 0.25) is 0 Å². The highest BCUT2D eigenvalue weighted by Crippen LogP contribution is 2.42. The van der Waals surface area contributed by atoms with Crippen molar-refractivity contribution in [2.75, 3.05) is 7.05 Å². The SMILES string of the molecule is Cc1ccc([C@H]2[C@@H]3CCc4ccccc4C3=NN2C)o1. The summed E-state index contributed by atoms with van der Waals surface area (Å²) in [5.41, 5.74) is 3.97. The molecule has 0 amide bonds. The molecule has 0 unspecified atom stereocenters. The van der Waals surface area contributed by atoms with Crippen molar-refractivity contribution in [3.05, 3.63) is 59.0 Å². The number of benzene rings is 1. The van der Waals surface area contributed by atoms with Crippen LogP contribution in [0.25, 0.3) is 0 Å². The highest BCUT2D eigenvalue weighted by atomic mass is 16.3. The van der Waals surface area contributed by atoms with E-state index in [1.54, 1.807) is 0 Å². The molecule has 102 valence electrons. The van der Waals surface area contributed by atoms with E-state index >= 15 is 0 Å². The van der Waals surface area contributed by atoms with Crippen molar-refractivity contribution in [3.8, 4) is 0 Å². The van der Waals surface area contributed by atoms with E-state index in [2.05, 4.69) is 42.4 Å². The summed E-state index contributed by atoms with van der Waals surface area (Å²) in [5.74, 6) is 2.45. The van der Waals surface area contributed by atoms with Crippen LogP contribution in [0, 0.1) is 12.8 Å². The summed E-state index contributed by atoms with van der Waals surface area (Å²) >= 11 is 0. The molecule has 3 nitrogen and oxygen atoms in total. The van der Waals surface area contributed by atoms with Gasteiger partial charge in [0.05, 0.1) is 5.71 Å². The molecule has 0 saturated carbocycles. The molecule has 1 aliphatic heterocycles. The molecule has 2 heterocycles. The Balaban J connectivity index is 1.76. The van der Waals surface area contributed by atoms with E-state index in [4.69, 9.17) is 9.52 Å². The van der Waals surface area contributed by atoms with Crippen LogP contribution >= 0.6 is 0 Å². The monoisotopic (exact) mass is 266 g/mol. The Morgan fingerprint density at radius 3 is 2.85 bits per heavy atom. The lowest BCUT2D eigenvalue weighted by atomic mass is 9.78. The Hall–Kier alpha value is -2.03. The van der Waals surface area contributed by atoms with Crippen molar-refractivity contribution in [1.82, 2.24) is 5.01 Å². The normalized spacial score (nSPS) is 24.3. The standard InChI is InChI=1S/C17H18N2O/c1-11-7-10-15(20-11)17-14-9-8-12-5-3-4-6-13(12)16(14)18-19(17)2/h3-7,10,14,17H,8-9H2,1-2H3/t14-,17-/m1/s1. The van der Waals surface area contributed by atoms with Gasteiger partial charge in [-0.15, -0.1) is 0 Å². The van der Waals surface area contributed by atoms with E-state index in [0.29, 0.717) is 5.92 Å². The molecular formula is C17H18N2O. The van der Waals surface area contributed by atoms with Gasteiger partial charge in [-0.3, -0.25) is 5.01 Å². The number of hydrogen-bond donors (Lipinski definition) is 0. The summed E-state index contributed by atoms with van der Waals surface area (Å²) in [4.78, 5) is 0. The summed E-state index contributed by atoms with van der Waals surface area (Å²) in [5, 5.41) is 6.88. The Morgan fingerprint density at radius 1 is 1.20 bits per heavy atom. The van der Waals surface area contributed by atoms with E-state index in [-0.39, 0.29) is 6.04 Å². The first-order valence-corrected chi connectivity index (χ1v) is 7.20. The van der Waals surface area contributed by atoms with Gasteiger partial charge in [0, 0.05) is 18.5 Å². The van der Waals surface area contributed by atoms with Gasteiger partial charge < -0.3 is 4.42 Å². The fourth-order valence-electron chi connectivity index (χ4n) is 3.56. The molecule has 0 saturated heterocycles. The molecule has 4 rings (SSSR count). The molecule has 3 heteroatoms. The molecule has 1 aromatic carbocycles. The van der Waals surface area contributed by atoms with E-state index in [1.165, 1.54) is 16.8 Å². The zero-order valence-electron chi connectivity index (χ0n) is 11.8. The Morgan fingerprint density at radius 2 is 2.05 bits per heavy atom. The molecule has 2 aliphatic rings. The van der Waals surface area contributed by atoms with Crippen molar-refractivity contribution in [2.45, 2.75) is 25.8 Å². The second-order valence-corrected chi connectivity index (χ2v) is 5.75. The first kappa shape index (κ1) is 11.8. The minimum atomic E-state index is 0.243. The average molecular weight is 266 g/mol. The van der Waals surface area contributed by atoms with Crippen LogP contribution < -0.4 is 0 Å². The molecule has 2 aromatic rings. The average Bonchev–Trinajstić information content (AvgIpc) is 3.01. The Kier molecular flexibility index (Phi) is 2.49. The number of furan rings is 1. The maximum atomic E-state index is 5.86. The summed E-state index contributed by atoms with van der Waals surface area (Å²) in [6.07, 6.45) is 2.27. The third-order valence-corrected chi connectivity index (χ3v) is 4.47. The number of hydrogen-bond acceptors (Lipinski definition) is 3. The number of nitrogens with zero attached hydrogens (tertiary/aromatic N) is 2. The Labute approximate surface area is 118 Å². The lowest BCUT2D eigenvalue weighted by Gasteiger charge is -2.27. The molecule has 0 fully saturated rings. The van der Waals surface area contributed by atoms with Crippen LogP contribution in [0.15, 0.2) is 45.9 Å². The van der Waals surface area contributed by atoms with Crippen LogP contribution in [0.4, 0.5) is 0 Å². The maximum Gasteiger partial charge on any atom is 0.128 e. The van der Waals surface area contributed by atoms with Gasteiger partial charge in [-0.25, -0.2) is 0 Å². The van der Waals surface area contributed by atoms with Crippen molar-refractivity contribution in [3.63, 3.8) is 0 Å². The van der Waals surface area contributed by atoms with Gasteiger partial charge >= 0.3 is 0 Å². The van der Waals surface area contributed by atoms with Crippen LogP contribution in [0.3, 0.4) is 0 Å². The smallest absolute Gasteiger partial charge is 0.128 e.